The highest BCUT2D eigenvalue weighted by Gasteiger charge is 2.19. The van der Waals surface area contributed by atoms with Crippen LogP contribution < -0.4 is 0 Å². The molecule has 0 radical (unpaired) electrons. The number of benzene rings is 1. The van der Waals surface area contributed by atoms with Crippen LogP contribution >= 0.6 is 0 Å². The maximum Gasteiger partial charge on any atom is 0.222 e. The zero-order valence-corrected chi connectivity index (χ0v) is 15.4. The van der Waals surface area contributed by atoms with Gasteiger partial charge in [0.2, 0.25) is 5.91 Å². The van der Waals surface area contributed by atoms with E-state index >= 15 is 0 Å². The lowest BCUT2D eigenvalue weighted by Gasteiger charge is -2.32. The van der Waals surface area contributed by atoms with Gasteiger partial charge in [0.1, 0.15) is 5.82 Å². The van der Waals surface area contributed by atoms with Crippen LogP contribution in [0, 0.1) is 0 Å². The molecular weight excluding hydrogens is 316 g/mol. The molecule has 1 fully saturated rings. The molecule has 0 N–H and O–H groups in total. The van der Waals surface area contributed by atoms with E-state index in [0.29, 0.717) is 19.0 Å². The number of carbonyl (C=O) groups excluding carboxylic acids is 1. The smallest absolute Gasteiger partial charge is 0.222 e. The van der Waals surface area contributed by atoms with Gasteiger partial charge in [0.15, 0.2) is 0 Å². The number of hydrogen-bond acceptors (Lipinski definition) is 4. The minimum Gasteiger partial charge on any atom is -0.379 e. The summed E-state index contributed by atoms with van der Waals surface area (Å²) in [4.78, 5) is 21.3. The van der Waals surface area contributed by atoms with Crippen LogP contribution in [0.15, 0.2) is 24.3 Å². The van der Waals surface area contributed by atoms with Crippen molar-refractivity contribution in [1.29, 1.82) is 0 Å². The number of rotatable bonds is 6. The first-order valence-corrected chi connectivity index (χ1v) is 9.02. The van der Waals surface area contributed by atoms with E-state index in [-0.39, 0.29) is 5.91 Å². The van der Waals surface area contributed by atoms with Crippen LogP contribution in [-0.2, 0) is 23.1 Å². The Balaban J connectivity index is 1.54. The van der Waals surface area contributed by atoms with E-state index in [0.717, 1.165) is 49.6 Å². The molecule has 0 saturated carbocycles. The topological polar surface area (TPSA) is 50.6 Å². The number of aryl methyl sites for hydroxylation is 1. The fraction of sp³-hybridized carbons (Fsp3) is 0.579. The highest BCUT2D eigenvalue weighted by atomic mass is 16.5. The van der Waals surface area contributed by atoms with Gasteiger partial charge in [0, 0.05) is 39.6 Å². The van der Waals surface area contributed by atoms with Gasteiger partial charge in [0.05, 0.1) is 30.8 Å². The van der Waals surface area contributed by atoms with E-state index in [1.807, 2.05) is 32.3 Å². The Labute approximate surface area is 149 Å². The number of carbonyl (C=O) groups is 1. The molecule has 136 valence electrons. The maximum atomic E-state index is 12.5. The second kappa shape index (κ2) is 7.97. The van der Waals surface area contributed by atoms with Crippen LogP contribution in [0.2, 0.25) is 0 Å². The van der Waals surface area contributed by atoms with Gasteiger partial charge in [-0.1, -0.05) is 12.1 Å². The summed E-state index contributed by atoms with van der Waals surface area (Å²) in [6.45, 7) is 6.26. The van der Waals surface area contributed by atoms with Gasteiger partial charge in [-0.05, 0) is 25.5 Å². The van der Waals surface area contributed by atoms with Crippen molar-refractivity contribution >= 4 is 16.9 Å². The van der Waals surface area contributed by atoms with Crippen LogP contribution in [0.1, 0.15) is 25.6 Å². The summed E-state index contributed by atoms with van der Waals surface area (Å²) in [7, 11) is 3.87. The summed E-state index contributed by atoms with van der Waals surface area (Å²) in [5, 5.41) is 0. The third-order valence-corrected chi connectivity index (χ3v) is 5.13. The molecule has 2 aromatic rings. The molecule has 3 rings (SSSR count). The Morgan fingerprint density at radius 1 is 1.32 bits per heavy atom. The van der Waals surface area contributed by atoms with Crippen LogP contribution in [-0.4, -0.2) is 64.7 Å². The van der Waals surface area contributed by atoms with E-state index in [1.165, 1.54) is 0 Å². The fourth-order valence-electron chi connectivity index (χ4n) is 3.36. The highest BCUT2D eigenvalue weighted by Crippen LogP contribution is 2.16. The quantitative estimate of drug-likeness (QED) is 0.805. The SMILES string of the molecule is C[C@@H](CCC(=O)N(C)Cc1nc2ccccc2n1C)N1CCOCC1. The molecule has 6 nitrogen and oxygen atoms in total. The van der Waals surface area contributed by atoms with Gasteiger partial charge >= 0.3 is 0 Å². The predicted molar refractivity (Wildman–Crippen MR) is 98.3 cm³/mol. The van der Waals surface area contributed by atoms with Gasteiger partial charge in [-0.2, -0.15) is 0 Å². The molecular formula is C19H28N4O2. The first-order chi connectivity index (χ1) is 12.1. The molecule has 0 spiro atoms. The molecule has 1 amide bonds. The number of morpholine rings is 1. The molecule has 6 heteroatoms. The summed E-state index contributed by atoms with van der Waals surface area (Å²) in [6, 6.07) is 8.47. The standard InChI is InChI=1S/C19H28N4O2/c1-15(23-10-12-25-13-11-23)8-9-19(24)21(2)14-18-20-16-6-4-5-7-17(16)22(18)3/h4-7,15H,8-14H2,1-3H3/t15-/m0/s1. The third kappa shape index (κ3) is 4.19. The summed E-state index contributed by atoms with van der Waals surface area (Å²) in [5.74, 6) is 1.09. The third-order valence-electron chi connectivity index (χ3n) is 5.13. The van der Waals surface area contributed by atoms with Gasteiger partial charge in [0.25, 0.3) is 0 Å². The fourth-order valence-corrected chi connectivity index (χ4v) is 3.36. The number of amides is 1. The largest absolute Gasteiger partial charge is 0.379 e. The van der Waals surface area contributed by atoms with Crippen molar-refractivity contribution in [2.24, 2.45) is 7.05 Å². The van der Waals surface area contributed by atoms with Crippen molar-refractivity contribution in [1.82, 2.24) is 19.4 Å². The van der Waals surface area contributed by atoms with E-state index in [4.69, 9.17) is 4.74 Å². The lowest BCUT2D eigenvalue weighted by atomic mass is 10.1. The number of fused-ring (bicyclic) bond motifs is 1. The molecule has 1 aromatic heterocycles. The number of imidazole rings is 1. The van der Waals surface area contributed by atoms with E-state index in [2.05, 4.69) is 27.4 Å². The van der Waals surface area contributed by atoms with Gasteiger partial charge < -0.3 is 14.2 Å². The van der Waals surface area contributed by atoms with Gasteiger partial charge in [-0.15, -0.1) is 0 Å². The number of hydrogen-bond donors (Lipinski definition) is 0. The van der Waals surface area contributed by atoms with E-state index in [1.54, 1.807) is 4.90 Å². The maximum absolute atomic E-state index is 12.5. The number of ether oxygens (including phenoxy) is 1. The minimum absolute atomic E-state index is 0.173. The monoisotopic (exact) mass is 344 g/mol. The second-order valence-electron chi connectivity index (χ2n) is 6.86. The zero-order chi connectivity index (χ0) is 17.8. The summed E-state index contributed by atoms with van der Waals surface area (Å²) in [5.41, 5.74) is 2.07. The molecule has 1 atom stereocenters. The van der Waals surface area contributed by atoms with E-state index in [9.17, 15) is 4.79 Å². The lowest BCUT2D eigenvalue weighted by molar-refractivity contribution is -0.131. The molecule has 1 aromatic carbocycles. The Morgan fingerprint density at radius 3 is 2.76 bits per heavy atom. The first kappa shape index (κ1) is 17.9. The number of para-hydroxylation sites is 2. The molecule has 0 aliphatic carbocycles. The molecule has 0 bridgehead atoms. The van der Waals surface area contributed by atoms with Crippen molar-refractivity contribution in [2.45, 2.75) is 32.4 Å². The van der Waals surface area contributed by atoms with E-state index < -0.39 is 0 Å². The molecule has 1 saturated heterocycles. The van der Waals surface area contributed by atoms with Crippen molar-refractivity contribution in [3.8, 4) is 0 Å². The normalized spacial score (nSPS) is 16.9. The van der Waals surface area contributed by atoms with Crippen LogP contribution in [0.5, 0.6) is 0 Å². The Bertz CT molecular complexity index is 721. The number of nitrogens with zero attached hydrogens (tertiary/aromatic N) is 4. The van der Waals surface area contributed by atoms with Crippen LogP contribution in [0.25, 0.3) is 11.0 Å². The molecule has 0 unspecified atom stereocenters. The molecule has 1 aliphatic heterocycles. The summed E-state index contributed by atoms with van der Waals surface area (Å²) >= 11 is 0. The average Bonchev–Trinajstić information content (AvgIpc) is 2.96. The van der Waals surface area contributed by atoms with Crippen LogP contribution in [0.3, 0.4) is 0 Å². The Kier molecular flexibility index (Phi) is 5.71. The molecule has 25 heavy (non-hydrogen) atoms. The molecule has 2 heterocycles. The lowest BCUT2D eigenvalue weighted by Crippen LogP contribution is -2.42. The highest BCUT2D eigenvalue weighted by molar-refractivity contribution is 5.77. The number of aromatic nitrogens is 2. The van der Waals surface area contributed by atoms with Crippen molar-refractivity contribution in [3.05, 3.63) is 30.1 Å². The van der Waals surface area contributed by atoms with Crippen molar-refractivity contribution in [3.63, 3.8) is 0 Å². The first-order valence-electron chi connectivity index (χ1n) is 9.02. The predicted octanol–water partition coefficient (Wildman–Crippen LogP) is 2.03. The molecule has 1 aliphatic rings. The van der Waals surface area contributed by atoms with Gasteiger partial charge in [-0.3, -0.25) is 9.69 Å². The van der Waals surface area contributed by atoms with Gasteiger partial charge in [-0.25, -0.2) is 4.98 Å². The minimum atomic E-state index is 0.173. The second-order valence-corrected chi connectivity index (χ2v) is 6.86. The average molecular weight is 344 g/mol. The van der Waals surface area contributed by atoms with Crippen LogP contribution in [0.4, 0.5) is 0 Å². The Morgan fingerprint density at radius 2 is 2.04 bits per heavy atom. The Hall–Kier alpha value is -1.92. The van der Waals surface area contributed by atoms with Crippen molar-refractivity contribution < 1.29 is 9.53 Å². The van der Waals surface area contributed by atoms with Crippen molar-refractivity contribution in [2.75, 3.05) is 33.4 Å². The summed E-state index contributed by atoms with van der Waals surface area (Å²) < 4.78 is 7.46. The summed E-state index contributed by atoms with van der Waals surface area (Å²) in [6.07, 6.45) is 1.45. The zero-order valence-electron chi connectivity index (χ0n) is 15.4.